The first-order valence-electron chi connectivity index (χ1n) is 5.48. The zero-order valence-electron chi connectivity index (χ0n) is 9.56. The van der Waals surface area contributed by atoms with Crippen LogP contribution < -0.4 is 5.32 Å². The predicted molar refractivity (Wildman–Crippen MR) is 62.8 cm³/mol. The van der Waals surface area contributed by atoms with Gasteiger partial charge in [-0.3, -0.25) is 0 Å². The number of nitrogens with one attached hydrogen (secondary N) is 1. The van der Waals surface area contributed by atoms with Gasteiger partial charge in [-0.25, -0.2) is 4.98 Å². The maximum absolute atomic E-state index is 9.93. The highest BCUT2D eigenvalue weighted by Gasteiger charge is 2.49. The lowest BCUT2D eigenvalue weighted by atomic mass is 10.1. The van der Waals surface area contributed by atoms with Gasteiger partial charge in [0.15, 0.2) is 0 Å². The zero-order valence-corrected chi connectivity index (χ0v) is 10.4. The molecule has 1 unspecified atom stereocenters. The number of hydrogen-bond donors (Lipinski definition) is 2. The van der Waals surface area contributed by atoms with Gasteiger partial charge in [0.1, 0.15) is 11.9 Å². The molecule has 5 nitrogen and oxygen atoms in total. The number of aromatic nitrogens is 2. The zero-order chi connectivity index (χ0) is 11.6. The van der Waals surface area contributed by atoms with Crippen LogP contribution in [0.15, 0.2) is 0 Å². The minimum absolute atomic E-state index is 0.236. The summed E-state index contributed by atoms with van der Waals surface area (Å²) in [6.07, 6.45) is 2.27. The fourth-order valence-electron chi connectivity index (χ4n) is 1.65. The number of anilines is 1. The molecule has 0 aromatic carbocycles. The highest BCUT2D eigenvalue weighted by molar-refractivity contribution is 7.09. The molecule has 2 N–H and O–H groups in total. The van der Waals surface area contributed by atoms with Crippen LogP contribution in [-0.4, -0.2) is 39.8 Å². The number of methoxy groups -OCH3 is 1. The van der Waals surface area contributed by atoms with Gasteiger partial charge in [0.25, 0.3) is 0 Å². The summed E-state index contributed by atoms with van der Waals surface area (Å²) in [5.41, 5.74) is -0.236. The van der Waals surface area contributed by atoms with Gasteiger partial charge < -0.3 is 15.2 Å². The minimum atomic E-state index is -0.480. The Morgan fingerprint density at radius 1 is 1.62 bits per heavy atom. The van der Waals surface area contributed by atoms with Crippen LogP contribution in [0, 0.1) is 0 Å². The van der Waals surface area contributed by atoms with Crippen LogP contribution in [0.4, 0.5) is 5.13 Å². The van der Waals surface area contributed by atoms with Gasteiger partial charge in [-0.15, -0.1) is 0 Å². The molecule has 90 valence electrons. The number of aliphatic hydroxyl groups is 1. The molecule has 0 radical (unpaired) electrons. The summed E-state index contributed by atoms with van der Waals surface area (Å²) in [6.45, 7) is 2.38. The van der Waals surface area contributed by atoms with E-state index in [1.165, 1.54) is 11.5 Å². The van der Waals surface area contributed by atoms with Crippen molar-refractivity contribution in [2.45, 2.75) is 37.8 Å². The number of aliphatic hydroxyl groups excluding tert-OH is 1. The van der Waals surface area contributed by atoms with E-state index in [1.807, 2.05) is 6.92 Å². The van der Waals surface area contributed by atoms with Crippen molar-refractivity contribution >= 4 is 16.7 Å². The van der Waals surface area contributed by atoms with E-state index >= 15 is 0 Å². The molecule has 1 heterocycles. The monoisotopic (exact) mass is 243 g/mol. The van der Waals surface area contributed by atoms with Crippen LogP contribution in [0.5, 0.6) is 0 Å². The average molecular weight is 243 g/mol. The van der Waals surface area contributed by atoms with E-state index in [4.69, 9.17) is 4.74 Å². The Morgan fingerprint density at radius 2 is 2.38 bits per heavy atom. The van der Waals surface area contributed by atoms with Gasteiger partial charge in [0.2, 0.25) is 5.13 Å². The van der Waals surface area contributed by atoms with Crippen molar-refractivity contribution in [1.82, 2.24) is 9.36 Å². The molecule has 6 heteroatoms. The maximum atomic E-state index is 9.93. The summed E-state index contributed by atoms with van der Waals surface area (Å²) in [4.78, 5) is 4.34. The van der Waals surface area contributed by atoms with Crippen molar-refractivity contribution in [3.05, 3.63) is 5.82 Å². The van der Waals surface area contributed by atoms with Crippen molar-refractivity contribution in [1.29, 1.82) is 0 Å². The fraction of sp³-hybridized carbons (Fsp3) is 0.800. The van der Waals surface area contributed by atoms with Gasteiger partial charge in [0.05, 0.1) is 12.1 Å². The van der Waals surface area contributed by atoms with Crippen molar-refractivity contribution in [2.24, 2.45) is 0 Å². The Balaban J connectivity index is 1.98. The van der Waals surface area contributed by atoms with E-state index in [2.05, 4.69) is 14.7 Å². The number of hydrogen-bond acceptors (Lipinski definition) is 6. The summed E-state index contributed by atoms with van der Waals surface area (Å²) >= 11 is 1.35. The molecule has 1 atom stereocenters. The molecule has 2 rings (SSSR count). The lowest BCUT2D eigenvalue weighted by Crippen LogP contribution is -2.39. The number of aryl methyl sites for hydroxylation is 1. The highest BCUT2D eigenvalue weighted by Crippen LogP contribution is 2.42. The van der Waals surface area contributed by atoms with Crippen molar-refractivity contribution in [2.75, 3.05) is 19.0 Å². The molecular weight excluding hydrogens is 226 g/mol. The summed E-state index contributed by atoms with van der Waals surface area (Å²) in [5, 5.41) is 14.0. The second kappa shape index (κ2) is 4.65. The third kappa shape index (κ3) is 2.34. The smallest absolute Gasteiger partial charge is 0.203 e. The first-order valence-corrected chi connectivity index (χ1v) is 6.25. The van der Waals surface area contributed by atoms with Crippen molar-refractivity contribution in [3.63, 3.8) is 0 Å². The third-order valence-electron chi connectivity index (χ3n) is 2.89. The summed E-state index contributed by atoms with van der Waals surface area (Å²) in [7, 11) is 1.60. The molecule has 1 aromatic heterocycles. The third-order valence-corrected chi connectivity index (χ3v) is 3.56. The summed E-state index contributed by atoms with van der Waals surface area (Å²) in [5.74, 6) is 0.851. The van der Waals surface area contributed by atoms with Crippen LogP contribution in [0.1, 0.15) is 25.6 Å². The second-order valence-electron chi connectivity index (χ2n) is 4.12. The number of nitrogens with zero attached hydrogens (tertiary/aromatic N) is 2. The first-order chi connectivity index (χ1) is 7.70. The Hall–Kier alpha value is -0.720. The van der Waals surface area contributed by atoms with Crippen LogP contribution >= 0.6 is 11.5 Å². The molecular formula is C10H17N3O2S. The molecule has 1 aliphatic rings. The van der Waals surface area contributed by atoms with E-state index in [9.17, 15) is 5.11 Å². The quantitative estimate of drug-likeness (QED) is 0.782. The maximum Gasteiger partial charge on any atom is 0.203 e. The number of rotatable bonds is 6. The van der Waals surface area contributed by atoms with E-state index in [-0.39, 0.29) is 5.54 Å². The Kier molecular flexibility index (Phi) is 3.41. The Bertz CT molecular complexity index is 352. The summed E-state index contributed by atoms with van der Waals surface area (Å²) in [6, 6.07) is 0. The van der Waals surface area contributed by atoms with Crippen LogP contribution in [0.2, 0.25) is 0 Å². The van der Waals surface area contributed by atoms with Crippen LogP contribution in [0.25, 0.3) is 0 Å². The van der Waals surface area contributed by atoms with Crippen molar-refractivity contribution < 1.29 is 9.84 Å². The van der Waals surface area contributed by atoms with Gasteiger partial charge >= 0.3 is 0 Å². The molecule has 1 aliphatic carbocycles. The SMILES string of the molecule is CCc1nsc(NC2(C(O)COC)CC2)n1. The largest absolute Gasteiger partial charge is 0.388 e. The fourth-order valence-corrected chi connectivity index (χ4v) is 2.41. The van der Waals surface area contributed by atoms with E-state index in [0.29, 0.717) is 6.61 Å². The lowest BCUT2D eigenvalue weighted by molar-refractivity contribution is 0.0463. The summed E-state index contributed by atoms with van der Waals surface area (Å²) < 4.78 is 9.18. The van der Waals surface area contributed by atoms with Crippen LogP contribution in [-0.2, 0) is 11.2 Å². The first kappa shape index (κ1) is 11.8. The highest BCUT2D eigenvalue weighted by atomic mass is 32.1. The molecule has 1 aromatic rings. The van der Waals surface area contributed by atoms with E-state index in [0.717, 1.165) is 30.2 Å². The van der Waals surface area contributed by atoms with E-state index in [1.54, 1.807) is 7.11 Å². The lowest BCUT2D eigenvalue weighted by Gasteiger charge is -2.22. The molecule has 1 fully saturated rings. The van der Waals surface area contributed by atoms with Crippen LogP contribution in [0.3, 0.4) is 0 Å². The standard InChI is InChI=1S/C10H17N3O2S/c1-3-8-11-9(16-13-8)12-10(4-5-10)7(14)6-15-2/h7,14H,3-6H2,1-2H3,(H,11,12,13). The van der Waals surface area contributed by atoms with Crippen molar-refractivity contribution in [3.8, 4) is 0 Å². The molecule has 0 aliphatic heterocycles. The molecule has 16 heavy (non-hydrogen) atoms. The van der Waals surface area contributed by atoms with Gasteiger partial charge in [-0.1, -0.05) is 6.92 Å². The topological polar surface area (TPSA) is 67.3 Å². The number of ether oxygens (including phenoxy) is 1. The predicted octanol–water partition coefficient (Wildman–Crippen LogP) is 1.05. The van der Waals surface area contributed by atoms with E-state index < -0.39 is 6.10 Å². The Morgan fingerprint density at radius 3 is 2.88 bits per heavy atom. The average Bonchev–Trinajstić information content (AvgIpc) is 2.91. The molecule has 0 bridgehead atoms. The second-order valence-corrected chi connectivity index (χ2v) is 4.87. The van der Waals surface area contributed by atoms with Gasteiger partial charge in [0, 0.05) is 25.1 Å². The molecule has 0 amide bonds. The van der Waals surface area contributed by atoms with Gasteiger partial charge in [-0.2, -0.15) is 4.37 Å². The normalized spacial score (nSPS) is 19.4. The molecule has 0 spiro atoms. The molecule has 1 saturated carbocycles. The minimum Gasteiger partial charge on any atom is -0.388 e. The molecule has 0 saturated heterocycles. The Labute approximate surface area is 99.0 Å². The van der Waals surface area contributed by atoms with Gasteiger partial charge in [-0.05, 0) is 12.8 Å².